The van der Waals surface area contributed by atoms with E-state index in [1.165, 1.54) is 12.1 Å². The molecule has 0 heterocycles. The lowest BCUT2D eigenvalue weighted by Gasteiger charge is -2.07. The Kier molecular flexibility index (Phi) is 7.50. The first-order chi connectivity index (χ1) is 7.58. The van der Waals surface area contributed by atoms with Gasteiger partial charge in [-0.15, -0.1) is 12.4 Å². The first-order valence-electron chi connectivity index (χ1n) is 5.34. The molecule has 0 radical (unpaired) electrons. The summed E-state index contributed by atoms with van der Waals surface area (Å²) >= 11 is 0. The number of halogens is 2. The lowest BCUT2D eigenvalue weighted by Crippen LogP contribution is -2.30. The van der Waals surface area contributed by atoms with Crippen molar-refractivity contribution in [3.05, 3.63) is 35.6 Å². The topological polar surface area (TPSA) is 55.1 Å². The van der Waals surface area contributed by atoms with Gasteiger partial charge in [0, 0.05) is 12.6 Å². The molecule has 1 unspecified atom stereocenters. The minimum absolute atomic E-state index is 0. The zero-order valence-corrected chi connectivity index (χ0v) is 10.6. The molecule has 1 aromatic carbocycles. The van der Waals surface area contributed by atoms with Crippen LogP contribution in [0.15, 0.2) is 24.3 Å². The maximum Gasteiger partial charge on any atom is 0.224 e. The molecule has 3 nitrogen and oxygen atoms in total. The van der Waals surface area contributed by atoms with E-state index in [1.807, 2.05) is 6.92 Å². The maximum absolute atomic E-state index is 12.8. The molecule has 0 fully saturated rings. The van der Waals surface area contributed by atoms with Crippen LogP contribution >= 0.6 is 12.4 Å². The van der Waals surface area contributed by atoms with E-state index >= 15 is 0 Å². The average Bonchev–Trinajstić information content (AvgIpc) is 2.16. The Morgan fingerprint density at radius 2 is 2.24 bits per heavy atom. The monoisotopic (exact) mass is 260 g/mol. The Labute approximate surface area is 107 Å². The van der Waals surface area contributed by atoms with Gasteiger partial charge in [0.25, 0.3) is 0 Å². The van der Waals surface area contributed by atoms with Crippen LogP contribution in [0.1, 0.15) is 18.9 Å². The van der Waals surface area contributed by atoms with Crippen LogP contribution in [0.4, 0.5) is 4.39 Å². The van der Waals surface area contributed by atoms with Crippen molar-refractivity contribution in [3.63, 3.8) is 0 Å². The predicted octanol–water partition coefficient (Wildman–Crippen LogP) is 1.64. The molecule has 0 saturated heterocycles. The van der Waals surface area contributed by atoms with Gasteiger partial charge in [-0.2, -0.15) is 0 Å². The first kappa shape index (κ1) is 15.9. The average molecular weight is 261 g/mol. The van der Waals surface area contributed by atoms with Crippen molar-refractivity contribution in [2.75, 3.05) is 6.54 Å². The summed E-state index contributed by atoms with van der Waals surface area (Å²) in [4.78, 5) is 11.4. The van der Waals surface area contributed by atoms with E-state index in [0.29, 0.717) is 12.1 Å². The molecule has 0 aliphatic carbocycles. The van der Waals surface area contributed by atoms with Gasteiger partial charge < -0.3 is 11.1 Å². The third-order valence-electron chi connectivity index (χ3n) is 2.18. The number of carbonyl (C=O) groups is 1. The van der Waals surface area contributed by atoms with Gasteiger partial charge in [-0.1, -0.05) is 12.1 Å². The lowest BCUT2D eigenvalue weighted by atomic mass is 10.1. The fourth-order valence-electron chi connectivity index (χ4n) is 1.33. The van der Waals surface area contributed by atoms with Gasteiger partial charge in [0.15, 0.2) is 0 Å². The fraction of sp³-hybridized carbons (Fsp3) is 0.417. The number of nitrogens with two attached hydrogens (primary N) is 1. The SMILES string of the molecule is CC(N)CCNC(=O)Cc1cccc(F)c1.Cl. The highest BCUT2D eigenvalue weighted by molar-refractivity contribution is 5.85. The Morgan fingerprint density at radius 3 is 2.82 bits per heavy atom. The van der Waals surface area contributed by atoms with E-state index in [1.54, 1.807) is 12.1 Å². The van der Waals surface area contributed by atoms with E-state index in [2.05, 4.69) is 5.32 Å². The highest BCUT2D eigenvalue weighted by atomic mass is 35.5. The van der Waals surface area contributed by atoms with E-state index in [4.69, 9.17) is 5.73 Å². The summed E-state index contributed by atoms with van der Waals surface area (Å²) < 4.78 is 12.8. The molecule has 0 saturated carbocycles. The molecule has 96 valence electrons. The van der Waals surface area contributed by atoms with Gasteiger partial charge in [-0.25, -0.2) is 4.39 Å². The molecule has 1 atom stereocenters. The molecule has 1 aromatic rings. The Bertz CT molecular complexity index is 358. The number of rotatable bonds is 5. The minimum atomic E-state index is -0.319. The van der Waals surface area contributed by atoms with Crippen molar-refractivity contribution < 1.29 is 9.18 Å². The number of nitrogens with one attached hydrogen (secondary N) is 1. The molecular weight excluding hydrogens is 243 g/mol. The van der Waals surface area contributed by atoms with Gasteiger partial charge in [0.2, 0.25) is 5.91 Å². The third-order valence-corrected chi connectivity index (χ3v) is 2.18. The van der Waals surface area contributed by atoms with Crippen LogP contribution in [0.5, 0.6) is 0 Å². The fourth-order valence-corrected chi connectivity index (χ4v) is 1.33. The van der Waals surface area contributed by atoms with E-state index in [-0.39, 0.29) is 36.6 Å². The van der Waals surface area contributed by atoms with Crippen molar-refractivity contribution in [1.82, 2.24) is 5.32 Å². The summed E-state index contributed by atoms with van der Waals surface area (Å²) in [6.07, 6.45) is 0.950. The van der Waals surface area contributed by atoms with Crippen molar-refractivity contribution in [3.8, 4) is 0 Å². The largest absolute Gasteiger partial charge is 0.356 e. The summed E-state index contributed by atoms with van der Waals surface area (Å²) in [5, 5.41) is 2.74. The highest BCUT2D eigenvalue weighted by Gasteiger charge is 2.04. The van der Waals surface area contributed by atoms with Crippen molar-refractivity contribution in [2.45, 2.75) is 25.8 Å². The summed E-state index contributed by atoms with van der Waals surface area (Å²) in [5.74, 6) is -0.424. The lowest BCUT2D eigenvalue weighted by molar-refractivity contribution is -0.120. The van der Waals surface area contributed by atoms with E-state index in [0.717, 1.165) is 6.42 Å². The highest BCUT2D eigenvalue weighted by Crippen LogP contribution is 2.03. The summed E-state index contributed by atoms with van der Waals surface area (Å²) in [7, 11) is 0. The van der Waals surface area contributed by atoms with Gasteiger partial charge in [-0.3, -0.25) is 4.79 Å². The molecule has 0 aliphatic rings. The van der Waals surface area contributed by atoms with Crippen LogP contribution in [-0.4, -0.2) is 18.5 Å². The van der Waals surface area contributed by atoms with Gasteiger partial charge in [-0.05, 0) is 31.0 Å². The molecule has 0 bridgehead atoms. The van der Waals surface area contributed by atoms with Crippen molar-refractivity contribution in [1.29, 1.82) is 0 Å². The Morgan fingerprint density at radius 1 is 1.53 bits per heavy atom. The number of carbonyl (C=O) groups excluding carboxylic acids is 1. The number of benzene rings is 1. The van der Waals surface area contributed by atoms with Crippen LogP contribution < -0.4 is 11.1 Å². The van der Waals surface area contributed by atoms with Gasteiger partial charge in [0.05, 0.1) is 6.42 Å². The van der Waals surface area contributed by atoms with Crippen LogP contribution in [-0.2, 0) is 11.2 Å². The molecule has 3 N–H and O–H groups in total. The quantitative estimate of drug-likeness (QED) is 0.846. The smallest absolute Gasteiger partial charge is 0.224 e. The summed E-state index contributed by atoms with van der Waals surface area (Å²) in [6.45, 7) is 2.45. The molecular formula is C12H18ClFN2O. The zero-order chi connectivity index (χ0) is 12.0. The van der Waals surface area contributed by atoms with Crippen LogP contribution in [0.25, 0.3) is 0 Å². The Hall–Kier alpha value is -1.13. The second kappa shape index (κ2) is 8.03. The van der Waals surface area contributed by atoms with Crippen LogP contribution in [0.2, 0.25) is 0 Å². The second-order valence-corrected chi connectivity index (χ2v) is 3.92. The molecule has 0 aromatic heterocycles. The molecule has 0 spiro atoms. The standard InChI is InChI=1S/C12H17FN2O.ClH/c1-9(14)5-6-15-12(16)8-10-3-2-4-11(13)7-10;/h2-4,7,9H,5-6,8,14H2,1H3,(H,15,16);1H. The molecule has 0 aliphatic heterocycles. The molecule has 5 heteroatoms. The molecule has 1 amide bonds. The second-order valence-electron chi connectivity index (χ2n) is 3.92. The van der Waals surface area contributed by atoms with Crippen LogP contribution in [0, 0.1) is 5.82 Å². The zero-order valence-electron chi connectivity index (χ0n) is 9.78. The number of hydrogen-bond acceptors (Lipinski definition) is 2. The number of amides is 1. The normalized spacial score (nSPS) is 11.5. The third kappa shape index (κ3) is 6.92. The van der Waals surface area contributed by atoms with E-state index in [9.17, 15) is 9.18 Å². The van der Waals surface area contributed by atoms with Crippen molar-refractivity contribution >= 4 is 18.3 Å². The number of hydrogen-bond donors (Lipinski definition) is 2. The first-order valence-corrected chi connectivity index (χ1v) is 5.34. The summed E-state index contributed by atoms with van der Waals surface area (Å²) in [5.41, 5.74) is 6.23. The maximum atomic E-state index is 12.8. The van der Waals surface area contributed by atoms with Crippen LogP contribution in [0.3, 0.4) is 0 Å². The van der Waals surface area contributed by atoms with Gasteiger partial charge >= 0.3 is 0 Å². The summed E-state index contributed by atoms with van der Waals surface area (Å²) in [6, 6.07) is 6.13. The van der Waals surface area contributed by atoms with E-state index < -0.39 is 0 Å². The predicted molar refractivity (Wildman–Crippen MR) is 68.6 cm³/mol. The van der Waals surface area contributed by atoms with Crippen molar-refractivity contribution in [2.24, 2.45) is 5.73 Å². The molecule has 17 heavy (non-hydrogen) atoms. The molecule has 1 rings (SSSR count). The minimum Gasteiger partial charge on any atom is -0.356 e. The van der Waals surface area contributed by atoms with Gasteiger partial charge in [0.1, 0.15) is 5.82 Å². The Balaban J connectivity index is 0.00000256.